The summed E-state index contributed by atoms with van der Waals surface area (Å²) in [5.74, 6) is -0.403. The van der Waals surface area contributed by atoms with Crippen molar-refractivity contribution in [3.05, 3.63) is 58.2 Å². The molecule has 7 nitrogen and oxygen atoms in total. The van der Waals surface area contributed by atoms with Crippen LogP contribution in [0.4, 0.5) is 0 Å². The summed E-state index contributed by atoms with van der Waals surface area (Å²) >= 11 is 0. The highest BCUT2D eigenvalue weighted by Gasteiger charge is 2.34. The molecule has 1 amide bonds. The summed E-state index contributed by atoms with van der Waals surface area (Å²) in [6.07, 6.45) is 3.89. The van der Waals surface area contributed by atoms with Crippen molar-refractivity contribution in [2.75, 3.05) is 13.1 Å². The van der Waals surface area contributed by atoms with Crippen LogP contribution in [0.5, 0.6) is 0 Å². The Morgan fingerprint density at radius 1 is 1.25 bits per heavy atom. The van der Waals surface area contributed by atoms with Crippen LogP contribution in [-0.4, -0.2) is 35.8 Å². The van der Waals surface area contributed by atoms with Gasteiger partial charge in [0.15, 0.2) is 5.78 Å². The van der Waals surface area contributed by atoms with Gasteiger partial charge in [0.05, 0.1) is 11.6 Å². The van der Waals surface area contributed by atoms with Crippen molar-refractivity contribution in [3.8, 4) is 11.1 Å². The lowest BCUT2D eigenvalue weighted by atomic mass is 9.83. The zero-order chi connectivity index (χ0) is 23.0. The van der Waals surface area contributed by atoms with Crippen LogP contribution in [0.2, 0.25) is 0 Å². The predicted molar refractivity (Wildman–Crippen MR) is 124 cm³/mol. The molecule has 0 spiro atoms. The van der Waals surface area contributed by atoms with E-state index in [0.717, 1.165) is 24.1 Å². The minimum absolute atomic E-state index is 0.0126. The molecule has 2 aromatic heterocycles. The van der Waals surface area contributed by atoms with Crippen molar-refractivity contribution < 1.29 is 14.0 Å². The number of rotatable bonds is 5. The molecule has 0 saturated carbocycles. The molecular formula is C25H29N3O4. The fourth-order valence-corrected chi connectivity index (χ4v) is 4.44. The number of aromatic nitrogens is 1. The van der Waals surface area contributed by atoms with Gasteiger partial charge in [0.2, 0.25) is 5.91 Å². The Morgan fingerprint density at radius 2 is 2.03 bits per heavy atom. The highest BCUT2D eigenvalue weighted by molar-refractivity contribution is 6.12. The monoisotopic (exact) mass is 435 g/mol. The Hall–Kier alpha value is -3.19. The number of ketones is 1. The first kappa shape index (κ1) is 22.0. The van der Waals surface area contributed by atoms with Crippen molar-refractivity contribution in [2.24, 2.45) is 5.92 Å². The molecule has 3 N–H and O–H groups in total. The highest BCUT2D eigenvalue weighted by Crippen LogP contribution is 2.37. The molecule has 0 aliphatic carbocycles. The number of nitrogens with one attached hydrogen (secondary N) is 3. The number of fused-ring (bicyclic) bond motifs is 1. The SMILES string of the molecule is CC(=O)N[C@@H](C(=O)c1coc2c(C(C)(C)C)cc(-c3ccc[nH]c3=O)cc12)C1CCNC1. The molecule has 3 heterocycles. The lowest BCUT2D eigenvalue weighted by Crippen LogP contribution is -2.45. The van der Waals surface area contributed by atoms with E-state index in [9.17, 15) is 14.4 Å². The Morgan fingerprint density at radius 3 is 2.66 bits per heavy atom. The smallest absolute Gasteiger partial charge is 0.255 e. The Labute approximate surface area is 186 Å². The van der Waals surface area contributed by atoms with Crippen LogP contribution in [0.25, 0.3) is 22.1 Å². The molecule has 1 aliphatic rings. The van der Waals surface area contributed by atoms with E-state index < -0.39 is 6.04 Å². The van der Waals surface area contributed by atoms with Gasteiger partial charge in [-0.05, 0) is 48.2 Å². The predicted octanol–water partition coefficient (Wildman–Crippen LogP) is 3.38. The van der Waals surface area contributed by atoms with E-state index in [1.54, 1.807) is 18.3 Å². The van der Waals surface area contributed by atoms with Gasteiger partial charge < -0.3 is 20.0 Å². The molecule has 168 valence electrons. The normalized spacial score (nSPS) is 17.4. The summed E-state index contributed by atoms with van der Waals surface area (Å²) in [7, 11) is 0. The number of H-pyrrole nitrogens is 1. The van der Waals surface area contributed by atoms with Gasteiger partial charge in [0.25, 0.3) is 5.56 Å². The maximum atomic E-state index is 13.6. The van der Waals surface area contributed by atoms with Crippen LogP contribution >= 0.6 is 0 Å². The summed E-state index contributed by atoms with van der Waals surface area (Å²) < 4.78 is 5.93. The Kier molecular flexibility index (Phi) is 5.77. The van der Waals surface area contributed by atoms with E-state index in [1.165, 1.54) is 13.2 Å². The third kappa shape index (κ3) is 4.12. The molecular weight excluding hydrogens is 406 g/mol. The second-order valence-corrected chi connectivity index (χ2v) is 9.51. The third-order valence-electron chi connectivity index (χ3n) is 6.09. The zero-order valence-electron chi connectivity index (χ0n) is 18.9. The van der Waals surface area contributed by atoms with Crippen molar-refractivity contribution in [3.63, 3.8) is 0 Å². The topological polar surface area (TPSA) is 104 Å². The Balaban J connectivity index is 1.90. The van der Waals surface area contributed by atoms with Gasteiger partial charge in [0, 0.05) is 42.1 Å². The number of pyridine rings is 1. The maximum absolute atomic E-state index is 13.6. The number of benzene rings is 1. The highest BCUT2D eigenvalue weighted by atomic mass is 16.3. The molecule has 2 atom stereocenters. The van der Waals surface area contributed by atoms with Gasteiger partial charge in [-0.3, -0.25) is 14.4 Å². The van der Waals surface area contributed by atoms with E-state index in [2.05, 4.69) is 36.4 Å². The minimum atomic E-state index is -0.634. The van der Waals surface area contributed by atoms with Crippen LogP contribution in [0, 0.1) is 5.92 Å². The largest absolute Gasteiger partial charge is 0.463 e. The molecule has 1 fully saturated rings. The number of furan rings is 1. The first-order valence-corrected chi connectivity index (χ1v) is 10.9. The van der Waals surface area contributed by atoms with Gasteiger partial charge in [-0.15, -0.1) is 0 Å². The second kappa shape index (κ2) is 8.39. The average molecular weight is 436 g/mol. The summed E-state index contributed by atoms with van der Waals surface area (Å²) in [6, 6.07) is 6.70. The fraction of sp³-hybridized carbons (Fsp3) is 0.400. The fourth-order valence-electron chi connectivity index (χ4n) is 4.44. The molecule has 0 bridgehead atoms. The van der Waals surface area contributed by atoms with E-state index in [4.69, 9.17) is 4.42 Å². The van der Waals surface area contributed by atoms with Gasteiger partial charge >= 0.3 is 0 Å². The molecule has 1 aliphatic heterocycles. The van der Waals surface area contributed by atoms with Gasteiger partial charge in [-0.1, -0.05) is 20.8 Å². The van der Waals surface area contributed by atoms with Crippen molar-refractivity contribution in [2.45, 2.75) is 45.6 Å². The number of carbonyl (C=O) groups is 2. The van der Waals surface area contributed by atoms with Crippen molar-refractivity contribution in [1.82, 2.24) is 15.6 Å². The lowest BCUT2D eigenvalue weighted by Gasteiger charge is -2.22. The van der Waals surface area contributed by atoms with E-state index in [0.29, 0.717) is 28.6 Å². The molecule has 1 saturated heterocycles. The van der Waals surface area contributed by atoms with Crippen LogP contribution < -0.4 is 16.2 Å². The quantitative estimate of drug-likeness (QED) is 0.533. The Bertz CT molecular complexity index is 1230. The lowest BCUT2D eigenvalue weighted by molar-refractivity contribution is -0.119. The van der Waals surface area contributed by atoms with Gasteiger partial charge in [0.1, 0.15) is 11.8 Å². The summed E-state index contributed by atoms with van der Waals surface area (Å²) in [4.78, 5) is 40.7. The number of hydrogen-bond donors (Lipinski definition) is 3. The van der Waals surface area contributed by atoms with Crippen LogP contribution in [0.1, 0.15) is 50.0 Å². The molecule has 3 aromatic rings. The van der Waals surface area contributed by atoms with Crippen LogP contribution in [-0.2, 0) is 10.2 Å². The van der Waals surface area contributed by atoms with Gasteiger partial charge in [-0.2, -0.15) is 0 Å². The molecule has 7 heteroatoms. The first-order valence-electron chi connectivity index (χ1n) is 10.9. The van der Waals surface area contributed by atoms with E-state index in [-0.39, 0.29) is 28.6 Å². The second-order valence-electron chi connectivity index (χ2n) is 9.51. The van der Waals surface area contributed by atoms with Crippen molar-refractivity contribution in [1.29, 1.82) is 0 Å². The summed E-state index contributed by atoms with van der Waals surface area (Å²) in [6.45, 7) is 9.10. The number of aromatic amines is 1. The van der Waals surface area contributed by atoms with Crippen LogP contribution in [0.3, 0.4) is 0 Å². The van der Waals surface area contributed by atoms with Crippen molar-refractivity contribution >= 4 is 22.7 Å². The number of carbonyl (C=O) groups excluding carboxylic acids is 2. The van der Waals surface area contributed by atoms with Gasteiger partial charge in [-0.25, -0.2) is 0 Å². The third-order valence-corrected chi connectivity index (χ3v) is 6.09. The molecule has 1 aromatic carbocycles. The number of hydrogen-bond acceptors (Lipinski definition) is 5. The molecule has 4 rings (SSSR count). The molecule has 1 unspecified atom stereocenters. The van der Waals surface area contributed by atoms with E-state index >= 15 is 0 Å². The number of Topliss-reactive ketones (excluding diaryl/α,β-unsaturated/α-hetero) is 1. The summed E-state index contributed by atoms with van der Waals surface area (Å²) in [5.41, 5.74) is 2.73. The standard InChI is InChI=1S/C25H29N3O4/c1-14(29)28-21(15-7-9-26-12-15)22(30)19-13-32-23-18(19)10-16(11-20(23)25(2,3)4)17-6-5-8-27-24(17)31/h5-6,8,10-11,13,15,21,26H,7,9,12H2,1-4H3,(H,27,31)(H,28,29)/t15?,21-/m1/s1. The minimum Gasteiger partial charge on any atom is -0.463 e. The zero-order valence-corrected chi connectivity index (χ0v) is 18.9. The van der Waals surface area contributed by atoms with E-state index in [1.807, 2.05) is 12.1 Å². The average Bonchev–Trinajstić information content (AvgIpc) is 3.40. The molecule has 0 radical (unpaired) electrons. The first-order chi connectivity index (χ1) is 15.2. The molecule has 32 heavy (non-hydrogen) atoms. The van der Waals surface area contributed by atoms with Crippen LogP contribution in [0.15, 0.2) is 45.9 Å². The summed E-state index contributed by atoms with van der Waals surface area (Å²) in [5, 5.41) is 6.77. The maximum Gasteiger partial charge on any atom is 0.255 e. The number of amides is 1.